The summed E-state index contributed by atoms with van der Waals surface area (Å²) in [5, 5.41) is 18.2. The van der Waals surface area contributed by atoms with Crippen LogP contribution in [0, 0.1) is 0 Å². The summed E-state index contributed by atoms with van der Waals surface area (Å²) in [7, 11) is 0. The molecule has 24 heavy (non-hydrogen) atoms. The molecule has 2 N–H and O–H groups in total. The minimum Gasteiger partial charge on any atom is -0.477 e. The van der Waals surface area contributed by atoms with Crippen LogP contribution in [0.1, 0.15) is 6.92 Å². The van der Waals surface area contributed by atoms with Crippen LogP contribution in [0.3, 0.4) is 0 Å². The SMILES string of the molecule is CC(=O)N(c1ccccc1)C1C(=O)N2C(C(=O)O)=C(CO)CSC12. The lowest BCUT2D eigenvalue weighted by atomic mass is 10.0. The van der Waals surface area contributed by atoms with Crippen molar-refractivity contribution in [3.8, 4) is 0 Å². The normalized spacial score (nSPS) is 22.8. The highest BCUT2D eigenvalue weighted by Gasteiger charge is 2.56. The zero-order valence-electron chi connectivity index (χ0n) is 12.9. The largest absolute Gasteiger partial charge is 0.477 e. The van der Waals surface area contributed by atoms with Crippen molar-refractivity contribution < 1.29 is 24.6 Å². The van der Waals surface area contributed by atoms with Crippen molar-refractivity contribution in [3.05, 3.63) is 41.6 Å². The number of thioether (sulfide) groups is 1. The number of aliphatic hydroxyl groups is 1. The first kappa shape index (κ1) is 16.5. The number of rotatable bonds is 4. The Hall–Kier alpha value is -2.32. The zero-order chi connectivity index (χ0) is 17.4. The molecule has 2 aliphatic heterocycles. The van der Waals surface area contributed by atoms with Gasteiger partial charge < -0.3 is 10.2 Å². The van der Waals surface area contributed by atoms with Crippen LogP contribution in [0.2, 0.25) is 0 Å². The number of β-lactam (4-membered cyclic amide) rings is 1. The molecule has 1 aromatic rings. The molecule has 0 radical (unpaired) electrons. The van der Waals surface area contributed by atoms with Crippen molar-refractivity contribution in [1.82, 2.24) is 4.90 Å². The molecule has 1 fully saturated rings. The van der Waals surface area contributed by atoms with E-state index >= 15 is 0 Å². The van der Waals surface area contributed by atoms with Gasteiger partial charge in [-0.25, -0.2) is 4.79 Å². The average Bonchev–Trinajstić information content (AvgIpc) is 2.58. The molecule has 1 saturated heterocycles. The molecule has 2 atom stereocenters. The fourth-order valence-electron chi connectivity index (χ4n) is 3.02. The number of hydrogen-bond donors (Lipinski definition) is 2. The summed E-state index contributed by atoms with van der Waals surface area (Å²) in [5.41, 5.74) is 0.737. The molecule has 2 aliphatic rings. The molecule has 7 nitrogen and oxygen atoms in total. The predicted octanol–water partition coefficient (Wildman–Crippen LogP) is 0.654. The zero-order valence-corrected chi connectivity index (χ0v) is 13.7. The Bertz CT molecular complexity index is 733. The lowest BCUT2D eigenvalue weighted by molar-refractivity contribution is -0.149. The lowest BCUT2D eigenvalue weighted by Crippen LogP contribution is -2.71. The van der Waals surface area contributed by atoms with Crippen LogP contribution in [0.15, 0.2) is 41.6 Å². The second-order valence-corrected chi connectivity index (χ2v) is 6.60. The van der Waals surface area contributed by atoms with Crippen LogP contribution >= 0.6 is 11.8 Å². The minimum atomic E-state index is -1.25. The molecule has 0 spiro atoms. The van der Waals surface area contributed by atoms with Crippen LogP contribution < -0.4 is 4.90 Å². The Labute approximate surface area is 142 Å². The van der Waals surface area contributed by atoms with E-state index in [-0.39, 0.29) is 11.6 Å². The number of carbonyl (C=O) groups excluding carboxylic acids is 2. The third-order valence-electron chi connectivity index (χ3n) is 4.06. The third kappa shape index (κ3) is 2.47. The van der Waals surface area contributed by atoms with Gasteiger partial charge in [-0.1, -0.05) is 18.2 Å². The summed E-state index contributed by atoms with van der Waals surface area (Å²) in [6.45, 7) is 0.967. The van der Waals surface area contributed by atoms with E-state index in [2.05, 4.69) is 0 Å². The van der Waals surface area contributed by atoms with Gasteiger partial charge in [-0.2, -0.15) is 0 Å². The van der Waals surface area contributed by atoms with Crippen molar-refractivity contribution in [2.45, 2.75) is 18.3 Å². The Balaban J connectivity index is 1.96. The maximum atomic E-state index is 12.6. The van der Waals surface area contributed by atoms with E-state index in [4.69, 9.17) is 0 Å². The van der Waals surface area contributed by atoms with Crippen LogP contribution in [0.5, 0.6) is 0 Å². The minimum absolute atomic E-state index is 0.168. The first-order valence-corrected chi connectivity index (χ1v) is 8.38. The Kier molecular flexibility index (Phi) is 4.33. The van der Waals surface area contributed by atoms with E-state index in [1.54, 1.807) is 24.3 Å². The molecule has 2 heterocycles. The van der Waals surface area contributed by atoms with Crippen LogP contribution in [0.4, 0.5) is 5.69 Å². The van der Waals surface area contributed by atoms with Crippen molar-refractivity contribution in [2.75, 3.05) is 17.3 Å². The molecule has 0 aromatic heterocycles. The van der Waals surface area contributed by atoms with E-state index in [1.807, 2.05) is 6.07 Å². The quantitative estimate of drug-likeness (QED) is 0.776. The predicted molar refractivity (Wildman–Crippen MR) is 88.2 cm³/mol. The highest BCUT2D eigenvalue weighted by molar-refractivity contribution is 8.00. The highest BCUT2D eigenvalue weighted by atomic mass is 32.2. The maximum absolute atomic E-state index is 12.6. The molecule has 0 bridgehead atoms. The molecular formula is C16H16N2O5S. The number of nitrogens with zero attached hydrogens (tertiary/aromatic N) is 2. The fourth-order valence-corrected chi connectivity index (χ4v) is 4.40. The van der Waals surface area contributed by atoms with Gasteiger partial charge in [0.1, 0.15) is 17.1 Å². The van der Waals surface area contributed by atoms with E-state index in [9.17, 15) is 24.6 Å². The van der Waals surface area contributed by atoms with Gasteiger partial charge >= 0.3 is 5.97 Å². The molecule has 8 heteroatoms. The molecule has 126 valence electrons. The van der Waals surface area contributed by atoms with Crippen molar-refractivity contribution in [3.63, 3.8) is 0 Å². The van der Waals surface area contributed by atoms with Gasteiger partial charge in [-0.05, 0) is 17.7 Å². The summed E-state index contributed by atoms with van der Waals surface area (Å²) in [4.78, 5) is 38.8. The second-order valence-electron chi connectivity index (χ2n) is 5.49. The number of para-hydroxylation sites is 1. The van der Waals surface area contributed by atoms with E-state index in [0.717, 1.165) is 0 Å². The number of carbonyl (C=O) groups is 3. The lowest BCUT2D eigenvalue weighted by Gasteiger charge is -2.52. The van der Waals surface area contributed by atoms with Crippen molar-refractivity contribution >= 4 is 35.2 Å². The summed E-state index contributed by atoms with van der Waals surface area (Å²) in [5.74, 6) is -1.67. The number of aliphatic hydroxyl groups excluding tert-OH is 1. The Morgan fingerprint density at radius 3 is 2.54 bits per heavy atom. The van der Waals surface area contributed by atoms with Gasteiger partial charge in [-0.15, -0.1) is 11.8 Å². The van der Waals surface area contributed by atoms with Crippen LogP contribution in [-0.4, -0.2) is 56.7 Å². The van der Waals surface area contributed by atoms with Crippen LogP contribution in [-0.2, 0) is 14.4 Å². The topological polar surface area (TPSA) is 98.2 Å². The fraction of sp³-hybridized carbons (Fsp3) is 0.312. The third-order valence-corrected chi connectivity index (χ3v) is 5.39. The molecule has 3 rings (SSSR count). The highest BCUT2D eigenvalue weighted by Crippen LogP contribution is 2.43. The van der Waals surface area contributed by atoms with Gasteiger partial charge in [0.2, 0.25) is 5.91 Å². The smallest absolute Gasteiger partial charge is 0.352 e. The first-order chi connectivity index (χ1) is 11.5. The second kappa shape index (κ2) is 6.29. The van der Waals surface area contributed by atoms with Crippen molar-refractivity contribution in [1.29, 1.82) is 0 Å². The maximum Gasteiger partial charge on any atom is 0.352 e. The number of carboxylic acid groups (broad SMARTS) is 1. The van der Waals surface area contributed by atoms with Crippen LogP contribution in [0.25, 0.3) is 0 Å². The molecule has 2 amide bonds. The first-order valence-electron chi connectivity index (χ1n) is 7.33. The number of amides is 2. The molecule has 0 saturated carbocycles. The number of carboxylic acids is 1. The standard InChI is InChI=1S/C16H16N2O5S/c1-9(20)17(11-5-3-2-4-6-11)13-14(21)18-12(16(22)23)10(7-19)8-24-15(13)18/h2-6,13,15,19H,7-8H2,1H3,(H,22,23). The summed E-state index contributed by atoms with van der Waals surface area (Å²) >= 11 is 1.35. The molecule has 2 unspecified atom stereocenters. The monoisotopic (exact) mass is 348 g/mol. The average molecular weight is 348 g/mol. The Morgan fingerprint density at radius 1 is 1.33 bits per heavy atom. The van der Waals surface area contributed by atoms with Gasteiger partial charge in [-0.3, -0.25) is 19.4 Å². The summed E-state index contributed by atoms with van der Waals surface area (Å²) in [6.07, 6.45) is 0. The van der Waals surface area contributed by atoms with E-state index in [0.29, 0.717) is 17.0 Å². The number of benzene rings is 1. The number of fused-ring (bicyclic) bond motifs is 1. The van der Waals surface area contributed by atoms with Gasteiger partial charge in [0.25, 0.3) is 5.91 Å². The van der Waals surface area contributed by atoms with Gasteiger partial charge in [0.05, 0.1) is 6.61 Å². The van der Waals surface area contributed by atoms with Gasteiger partial charge in [0.15, 0.2) is 0 Å². The Morgan fingerprint density at radius 2 is 2.00 bits per heavy atom. The number of anilines is 1. The number of hydrogen-bond acceptors (Lipinski definition) is 5. The number of aliphatic carboxylic acids is 1. The van der Waals surface area contributed by atoms with Gasteiger partial charge in [0, 0.05) is 18.4 Å². The molecule has 0 aliphatic carbocycles. The molecule has 1 aromatic carbocycles. The summed E-state index contributed by atoms with van der Waals surface area (Å²) < 4.78 is 0. The summed E-state index contributed by atoms with van der Waals surface area (Å²) in [6, 6.07) is 8.07. The van der Waals surface area contributed by atoms with Crippen molar-refractivity contribution in [2.24, 2.45) is 0 Å². The van der Waals surface area contributed by atoms with E-state index < -0.39 is 29.9 Å². The molecular weight excluding hydrogens is 332 g/mol. The van der Waals surface area contributed by atoms with E-state index in [1.165, 1.54) is 28.5 Å².